The van der Waals surface area contributed by atoms with Crippen LogP contribution in [-0.4, -0.2) is 36.2 Å². The van der Waals surface area contributed by atoms with Crippen LogP contribution < -0.4 is 5.32 Å². The zero-order chi connectivity index (χ0) is 17.0. The fraction of sp³-hybridized carbons (Fsp3) is 0.611. The van der Waals surface area contributed by atoms with Gasteiger partial charge in [-0.05, 0) is 64.2 Å². The topological polar surface area (TPSA) is 41.6 Å². The van der Waals surface area contributed by atoms with Gasteiger partial charge in [0.15, 0.2) is 0 Å². The molecule has 0 spiro atoms. The zero-order valence-electron chi connectivity index (χ0n) is 14.5. The summed E-state index contributed by atoms with van der Waals surface area (Å²) in [5.74, 6) is 0.411. The number of carbonyl (C=O) groups excluding carboxylic acids is 1. The minimum atomic E-state index is -0.447. The van der Waals surface area contributed by atoms with Crippen LogP contribution in [0.25, 0.3) is 0 Å². The Morgan fingerprint density at radius 2 is 2.17 bits per heavy atom. The second-order valence-electron chi connectivity index (χ2n) is 7.30. The van der Waals surface area contributed by atoms with Gasteiger partial charge in [0.05, 0.1) is 10.7 Å². The van der Waals surface area contributed by atoms with Gasteiger partial charge in [-0.15, -0.1) is 0 Å². The average molecular weight is 339 g/mol. The van der Waals surface area contributed by atoms with Gasteiger partial charge >= 0.3 is 6.09 Å². The van der Waals surface area contributed by atoms with Crippen LogP contribution >= 0.6 is 11.6 Å². The number of likely N-dealkylation sites (tertiary alicyclic amines) is 1. The molecule has 0 aliphatic carbocycles. The van der Waals surface area contributed by atoms with Crippen molar-refractivity contribution in [1.82, 2.24) is 4.90 Å². The Kier molecular flexibility index (Phi) is 5.79. The Morgan fingerprint density at radius 3 is 2.83 bits per heavy atom. The summed E-state index contributed by atoms with van der Waals surface area (Å²) in [6, 6.07) is 6.01. The van der Waals surface area contributed by atoms with Crippen molar-refractivity contribution < 1.29 is 9.53 Å². The molecule has 0 saturated carbocycles. The molecule has 1 aliphatic heterocycles. The molecule has 1 fully saturated rings. The Balaban J connectivity index is 1.87. The predicted octanol–water partition coefficient (Wildman–Crippen LogP) is 4.71. The number of benzene rings is 1. The van der Waals surface area contributed by atoms with Gasteiger partial charge in [-0.3, -0.25) is 0 Å². The second kappa shape index (κ2) is 7.43. The van der Waals surface area contributed by atoms with E-state index in [1.54, 1.807) is 0 Å². The highest BCUT2D eigenvalue weighted by Crippen LogP contribution is 2.25. The van der Waals surface area contributed by atoms with Crippen LogP contribution in [0.15, 0.2) is 18.2 Å². The molecular weight excluding hydrogens is 312 g/mol. The number of anilines is 1. The Hall–Kier alpha value is -1.42. The first-order valence-corrected chi connectivity index (χ1v) is 8.60. The maximum Gasteiger partial charge on any atom is 0.410 e. The summed E-state index contributed by atoms with van der Waals surface area (Å²) in [5.41, 5.74) is 1.65. The minimum Gasteiger partial charge on any atom is -0.444 e. The van der Waals surface area contributed by atoms with Gasteiger partial charge in [-0.2, -0.15) is 0 Å². The number of nitrogens with one attached hydrogen (secondary N) is 1. The van der Waals surface area contributed by atoms with Crippen molar-refractivity contribution in [3.63, 3.8) is 0 Å². The molecule has 1 N–H and O–H groups in total. The third kappa shape index (κ3) is 5.61. The zero-order valence-corrected chi connectivity index (χ0v) is 15.2. The van der Waals surface area contributed by atoms with Crippen molar-refractivity contribution >= 4 is 23.4 Å². The largest absolute Gasteiger partial charge is 0.444 e. The molecule has 4 nitrogen and oxygen atoms in total. The molecule has 1 aliphatic rings. The summed E-state index contributed by atoms with van der Waals surface area (Å²) in [6.07, 6.45) is 1.90. The van der Waals surface area contributed by atoms with E-state index in [1.807, 2.05) is 50.8 Å². The molecule has 1 aromatic rings. The van der Waals surface area contributed by atoms with Crippen LogP contribution in [0.1, 0.15) is 39.2 Å². The average Bonchev–Trinajstić information content (AvgIpc) is 2.45. The van der Waals surface area contributed by atoms with Gasteiger partial charge in [0.1, 0.15) is 5.60 Å². The first-order chi connectivity index (χ1) is 10.7. The van der Waals surface area contributed by atoms with Crippen molar-refractivity contribution in [2.45, 2.75) is 46.1 Å². The number of halogens is 1. The molecule has 0 radical (unpaired) electrons. The number of amides is 1. The number of aryl methyl sites for hydroxylation is 1. The van der Waals surface area contributed by atoms with Gasteiger partial charge < -0.3 is 15.0 Å². The molecule has 1 amide bonds. The highest BCUT2D eigenvalue weighted by molar-refractivity contribution is 6.33. The lowest BCUT2D eigenvalue weighted by Gasteiger charge is -2.34. The maximum atomic E-state index is 12.2. The highest BCUT2D eigenvalue weighted by Gasteiger charge is 2.27. The smallest absolute Gasteiger partial charge is 0.410 e. The third-order valence-corrected chi connectivity index (χ3v) is 4.19. The number of carbonyl (C=O) groups is 1. The number of hydrogen-bond acceptors (Lipinski definition) is 3. The van der Waals surface area contributed by atoms with Gasteiger partial charge in [0, 0.05) is 19.6 Å². The van der Waals surface area contributed by atoms with E-state index in [2.05, 4.69) is 5.32 Å². The van der Waals surface area contributed by atoms with Crippen molar-refractivity contribution in [1.29, 1.82) is 0 Å². The molecule has 2 rings (SSSR count). The summed E-state index contributed by atoms with van der Waals surface area (Å²) in [6.45, 7) is 10.0. The Labute approximate surface area is 144 Å². The van der Waals surface area contributed by atoms with E-state index in [0.717, 1.165) is 48.7 Å². The molecule has 1 aromatic carbocycles. The molecule has 23 heavy (non-hydrogen) atoms. The summed E-state index contributed by atoms with van der Waals surface area (Å²) in [5, 5.41) is 4.15. The van der Waals surface area contributed by atoms with Gasteiger partial charge in [-0.25, -0.2) is 4.79 Å². The second-order valence-corrected chi connectivity index (χ2v) is 7.71. The van der Waals surface area contributed by atoms with Crippen molar-refractivity contribution in [2.75, 3.05) is 25.0 Å². The molecule has 1 heterocycles. The van der Waals surface area contributed by atoms with Gasteiger partial charge in [0.2, 0.25) is 0 Å². The van der Waals surface area contributed by atoms with E-state index in [-0.39, 0.29) is 6.09 Å². The summed E-state index contributed by atoms with van der Waals surface area (Å²) < 4.78 is 5.47. The Morgan fingerprint density at radius 1 is 1.43 bits per heavy atom. The van der Waals surface area contributed by atoms with Crippen LogP contribution in [0, 0.1) is 12.8 Å². The summed E-state index contributed by atoms with van der Waals surface area (Å²) >= 11 is 6.25. The van der Waals surface area contributed by atoms with Gasteiger partial charge in [-0.1, -0.05) is 17.7 Å². The van der Waals surface area contributed by atoms with Crippen molar-refractivity contribution in [3.8, 4) is 0 Å². The number of piperidine rings is 1. The molecule has 0 bridgehead atoms. The molecule has 128 valence electrons. The fourth-order valence-electron chi connectivity index (χ4n) is 2.74. The van der Waals surface area contributed by atoms with E-state index in [1.165, 1.54) is 0 Å². The lowest BCUT2D eigenvalue weighted by Crippen LogP contribution is -2.44. The monoisotopic (exact) mass is 338 g/mol. The van der Waals surface area contributed by atoms with Crippen molar-refractivity contribution in [3.05, 3.63) is 28.8 Å². The maximum absolute atomic E-state index is 12.2. The van der Waals surface area contributed by atoms with E-state index >= 15 is 0 Å². The van der Waals surface area contributed by atoms with Gasteiger partial charge in [0.25, 0.3) is 0 Å². The molecule has 0 aromatic heterocycles. The van der Waals surface area contributed by atoms with Crippen LogP contribution in [0.3, 0.4) is 0 Å². The van der Waals surface area contributed by atoms with Crippen LogP contribution in [0.2, 0.25) is 5.02 Å². The predicted molar refractivity (Wildman–Crippen MR) is 95.2 cm³/mol. The number of hydrogen-bond donors (Lipinski definition) is 1. The SMILES string of the molecule is Cc1ccc(NCC2CCCN(C(=O)OC(C)(C)C)C2)c(Cl)c1. The third-order valence-electron chi connectivity index (χ3n) is 3.88. The fourth-order valence-corrected chi connectivity index (χ4v) is 3.04. The first-order valence-electron chi connectivity index (χ1n) is 8.22. The number of rotatable bonds is 3. The van der Waals surface area contributed by atoms with E-state index in [0.29, 0.717) is 5.92 Å². The Bertz CT molecular complexity index is 554. The molecule has 1 atom stereocenters. The lowest BCUT2D eigenvalue weighted by molar-refractivity contribution is 0.0172. The first kappa shape index (κ1) is 17.9. The number of nitrogens with zero attached hydrogens (tertiary/aromatic N) is 1. The quantitative estimate of drug-likeness (QED) is 0.868. The van der Waals surface area contributed by atoms with Crippen molar-refractivity contribution in [2.24, 2.45) is 5.92 Å². The molecule has 1 unspecified atom stereocenters. The van der Waals surface area contributed by atoms with Crippen LogP contribution in [-0.2, 0) is 4.74 Å². The van der Waals surface area contributed by atoms with Crippen LogP contribution in [0.5, 0.6) is 0 Å². The minimum absolute atomic E-state index is 0.212. The summed E-state index contributed by atoms with van der Waals surface area (Å²) in [4.78, 5) is 14.0. The number of ether oxygens (including phenoxy) is 1. The standard InChI is InChI=1S/C18H27ClN2O2/c1-13-7-8-16(15(19)10-13)20-11-14-6-5-9-21(12-14)17(22)23-18(2,3)4/h7-8,10,14,20H,5-6,9,11-12H2,1-4H3. The van der Waals surface area contributed by atoms with E-state index < -0.39 is 5.60 Å². The summed E-state index contributed by atoms with van der Waals surface area (Å²) in [7, 11) is 0. The highest BCUT2D eigenvalue weighted by atomic mass is 35.5. The molecule has 5 heteroatoms. The van der Waals surface area contributed by atoms with E-state index in [4.69, 9.17) is 16.3 Å². The normalized spacial score (nSPS) is 18.7. The van der Waals surface area contributed by atoms with Crippen LogP contribution in [0.4, 0.5) is 10.5 Å². The molecular formula is C18H27ClN2O2. The molecule has 1 saturated heterocycles. The lowest BCUT2D eigenvalue weighted by atomic mass is 9.98. The van der Waals surface area contributed by atoms with E-state index in [9.17, 15) is 4.79 Å².